The smallest absolute Gasteiger partial charge is 0.187 e. The summed E-state index contributed by atoms with van der Waals surface area (Å²) in [6, 6.07) is 0. The maximum Gasteiger partial charge on any atom is 0.187 e. The van der Waals surface area contributed by atoms with Crippen molar-refractivity contribution in [1.29, 1.82) is 0 Å². The molecule has 3 heterocycles. The van der Waals surface area contributed by atoms with Gasteiger partial charge in [-0.1, -0.05) is 0 Å². The van der Waals surface area contributed by atoms with E-state index in [1.807, 2.05) is 0 Å². The Hall–Kier alpha value is -0.640. The standard InChI is InChI=1S/C18H32O16/c19-1-4-7(22)9(24)11(26)17(31-4)33-14-6(3-21)30-16(29)15(13(14)28)34-18-12(27)10(25)8(23)5(2-20)32-18/h4-29H,1-3H2/t4-,5-,6-,7+,8-,9+,10+,11-,12+,13+,14-,15+,16?,17+,18-/m1/s1. The van der Waals surface area contributed by atoms with Crippen molar-refractivity contribution in [2.45, 2.75) is 92.1 Å². The van der Waals surface area contributed by atoms with Crippen molar-refractivity contribution in [3.63, 3.8) is 0 Å². The van der Waals surface area contributed by atoms with Crippen molar-refractivity contribution in [1.82, 2.24) is 0 Å². The van der Waals surface area contributed by atoms with Gasteiger partial charge >= 0.3 is 0 Å². The molecule has 34 heavy (non-hydrogen) atoms. The maximum absolute atomic E-state index is 10.8. The number of hydrogen-bond donors (Lipinski definition) is 11. The second-order valence-electron chi connectivity index (χ2n) is 8.33. The van der Waals surface area contributed by atoms with E-state index in [0.29, 0.717) is 0 Å². The fourth-order valence-corrected chi connectivity index (χ4v) is 4.04. The van der Waals surface area contributed by atoms with Gasteiger partial charge in [0.1, 0.15) is 73.2 Å². The van der Waals surface area contributed by atoms with E-state index >= 15 is 0 Å². The summed E-state index contributed by atoms with van der Waals surface area (Å²) in [6.45, 7) is -2.31. The van der Waals surface area contributed by atoms with Gasteiger partial charge in [-0.3, -0.25) is 0 Å². The average molecular weight is 504 g/mol. The topological polar surface area (TPSA) is 269 Å². The molecule has 0 radical (unpaired) electrons. The molecule has 11 N–H and O–H groups in total. The summed E-state index contributed by atoms with van der Waals surface area (Å²) in [4.78, 5) is 0. The van der Waals surface area contributed by atoms with E-state index in [2.05, 4.69) is 0 Å². The van der Waals surface area contributed by atoms with Crippen molar-refractivity contribution in [3.05, 3.63) is 0 Å². The van der Waals surface area contributed by atoms with Gasteiger partial charge < -0.3 is 79.9 Å². The van der Waals surface area contributed by atoms with Gasteiger partial charge in [0.25, 0.3) is 0 Å². The van der Waals surface area contributed by atoms with Gasteiger partial charge in [0, 0.05) is 0 Å². The molecule has 3 saturated heterocycles. The Kier molecular flexibility index (Phi) is 9.54. The second-order valence-corrected chi connectivity index (χ2v) is 8.33. The van der Waals surface area contributed by atoms with E-state index in [9.17, 15) is 56.2 Å². The molecule has 15 atom stereocenters. The van der Waals surface area contributed by atoms with E-state index in [4.69, 9.17) is 23.7 Å². The molecular weight excluding hydrogens is 472 g/mol. The molecule has 3 aliphatic heterocycles. The van der Waals surface area contributed by atoms with Gasteiger partial charge in [-0.2, -0.15) is 0 Å². The molecule has 3 fully saturated rings. The molecule has 1 unspecified atom stereocenters. The monoisotopic (exact) mass is 504 g/mol. The number of ether oxygens (including phenoxy) is 5. The van der Waals surface area contributed by atoms with Crippen LogP contribution in [0.25, 0.3) is 0 Å². The van der Waals surface area contributed by atoms with Crippen LogP contribution < -0.4 is 0 Å². The molecule has 0 aromatic carbocycles. The predicted molar refractivity (Wildman–Crippen MR) is 101 cm³/mol. The van der Waals surface area contributed by atoms with Crippen LogP contribution in [0, 0.1) is 0 Å². The molecule has 200 valence electrons. The van der Waals surface area contributed by atoms with Gasteiger partial charge in [-0.25, -0.2) is 0 Å². The summed E-state index contributed by atoms with van der Waals surface area (Å²) >= 11 is 0. The number of rotatable bonds is 7. The summed E-state index contributed by atoms with van der Waals surface area (Å²) in [7, 11) is 0. The van der Waals surface area contributed by atoms with Crippen molar-refractivity contribution in [3.8, 4) is 0 Å². The quantitative estimate of drug-likeness (QED) is 0.154. The lowest BCUT2D eigenvalue weighted by Gasteiger charge is -2.47. The van der Waals surface area contributed by atoms with Crippen molar-refractivity contribution >= 4 is 0 Å². The Morgan fingerprint density at radius 3 is 1.26 bits per heavy atom. The fourth-order valence-electron chi connectivity index (χ4n) is 4.04. The molecule has 0 aromatic rings. The van der Waals surface area contributed by atoms with Gasteiger partial charge in [-0.05, 0) is 0 Å². The van der Waals surface area contributed by atoms with Gasteiger partial charge in [0.15, 0.2) is 18.9 Å². The van der Waals surface area contributed by atoms with Crippen LogP contribution in [0.15, 0.2) is 0 Å². The Morgan fingerprint density at radius 2 is 0.853 bits per heavy atom. The van der Waals surface area contributed by atoms with Crippen molar-refractivity contribution in [2.24, 2.45) is 0 Å². The minimum absolute atomic E-state index is 0.750. The van der Waals surface area contributed by atoms with Crippen LogP contribution in [0.4, 0.5) is 0 Å². The van der Waals surface area contributed by atoms with E-state index in [-0.39, 0.29) is 0 Å². The van der Waals surface area contributed by atoms with Gasteiger partial charge in [0.05, 0.1) is 19.8 Å². The largest absolute Gasteiger partial charge is 0.394 e. The highest BCUT2D eigenvalue weighted by Gasteiger charge is 2.53. The van der Waals surface area contributed by atoms with Crippen LogP contribution in [0.1, 0.15) is 0 Å². The molecule has 0 bridgehead atoms. The van der Waals surface area contributed by atoms with E-state index < -0.39 is 112 Å². The van der Waals surface area contributed by atoms with E-state index in [1.165, 1.54) is 0 Å². The normalized spacial score (nSPS) is 52.5. The molecule has 16 heteroatoms. The first-order valence-electron chi connectivity index (χ1n) is 10.6. The Labute approximate surface area is 192 Å². The van der Waals surface area contributed by atoms with Crippen molar-refractivity contribution in [2.75, 3.05) is 19.8 Å². The predicted octanol–water partition coefficient (Wildman–Crippen LogP) is -7.57. The molecule has 3 aliphatic rings. The zero-order valence-electron chi connectivity index (χ0n) is 17.7. The van der Waals surface area contributed by atoms with Crippen LogP contribution in [-0.2, 0) is 23.7 Å². The van der Waals surface area contributed by atoms with Crippen LogP contribution >= 0.6 is 0 Å². The summed E-state index contributed by atoms with van der Waals surface area (Å²) in [5.41, 5.74) is 0. The molecule has 0 aliphatic carbocycles. The Balaban J connectivity index is 1.76. The molecule has 3 rings (SSSR count). The van der Waals surface area contributed by atoms with E-state index in [1.54, 1.807) is 0 Å². The first-order chi connectivity index (χ1) is 16.0. The minimum atomic E-state index is -1.92. The lowest BCUT2D eigenvalue weighted by atomic mass is 9.96. The minimum Gasteiger partial charge on any atom is -0.394 e. The van der Waals surface area contributed by atoms with Gasteiger partial charge in [0.2, 0.25) is 0 Å². The van der Waals surface area contributed by atoms with E-state index in [0.717, 1.165) is 0 Å². The van der Waals surface area contributed by atoms with Crippen LogP contribution in [0.3, 0.4) is 0 Å². The lowest BCUT2D eigenvalue weighted by Crippen LogP contribution is -2.66. The van der Waals surface area contributed by atoms with Crippen LogP contribution in [0.5, 0.6) is 0 Å². The Morgan fingerprint density at radius 1 is 0.441 bits per heavy atom. The first-order valence-corrected chi connectivity index (χ1v) is 10.6. The SMILES string of the molecule is OC[C@H]1O[C@@H](O[C@H]2[C@H](O)[C@H](O[C@H]3O[C@H](CO)[C@@H](O)[C@H](O)[C@@H]3O)C(O)O[C@@H]2CO)[C@H](O)[C@@H](O)[C@H]1O. The summed E-state index contributed by atoms with van der Waals surface area (Å²) < 4.78 is 26.4. The molecular formula is C18H32O16. The maximum atomic E-state index is 10.8. The lowest BCUT2D eigenvalue weighted by molar-refractivity contribution is -0.382. The summed E-state index contributed by atoms with van der Waals surface area (Å²) in [5.74, 6) is 0. The third-order valence-electron chi connectivity index (χ3n) is 6.09. The fraction of sp³-hybridized carbons (Fsp3) is 1.00. The van der Waals surface area contributed by atoms with Crippen LogP contribution in [0.2, 0.25) is 0 Å². The molecule has 16 nitrogen and oxygen atoms in total. The van der Waals surface area contributed by atoms with Gasteiger partial charge in [-0.15, -0.1) is 0 Å². The van der Waals surface area contributed by atoms with Crippen LogP contribution in [-0.4, -0.2) is 168 Å². The number of aliphatic hydroxyl groups excluding tert-OH is 11. The third kappa shape index (κ3) is 5.37. The second kappa shape index (κ2) is 11.6. The highest BCUT2D eigenvalue weighted by Crippen LogP contribution is 2.32. The first kappa shape index (κ1) is 27.9. The molecule has 0 amide bonds. The Bertz CT molecular complexity index is 637. The third-order valence-corrected chi connectivity index (χ3v) is 6.09. The molecule has 0 aromatic heterocycles. The zero-order chi connectivity index (χ0) is 25.3. The summed E-state index contributed by atoms with van der Waals surface area (Å²) in [6.07, 6.45) is -25.4. The number of aliphatic hydroxyl groups is 11. The highest BCUT2D eigenvalue weighted by molar-refractivity contribution is 4.96. The highest BCUT2D eigenvalue weighted by atomic mass is 16.8. The van der Waals surface area contributed by atoms with Crippen molar-refractivity contribution < 1.29 is 79.9 Å². The number of hydrogen-bond acceptors (Lipinski definition) is 16. The average Bonchev–Trinajstić information content (AvgIpc) is 2.82. The molecule has 0 saturated carbocycles. The zero-order valence-corrected chi connectivity index (χ0v) is 17.7. The summed E-state index contributed by atoms with van der Waals surface area (Å²) in [5, 5.41) is 109. The molecule has 0 spiro atoms.